The highest BCUT2D eigenvalue weighted by atomic mass is 16.5. The van der Waals surface area contributed by atoms with Gasteiger partial charge in [-0.15, -0.1) is 4.98 Å². The van der Waals surface area contributed by atoms with E-state index in [0.717, 1.165) is 19.5 Å². The summed E-state index contributed by atoms with van der Waals surface area (Å²) in [4.78, 5) is 14.6. The van der Waals surface area contributed by atoms with Crippen molar-refractivity contribution in [3.63, 3.8) is 0 Å². The molecule has 7 nitrogen and oxygen atoms in total. The molecule has 0 aliphatic rings. The number of anilines is 1. The van der Waals surface area contributed by atoms with Crippen molar-refractivity contribution in [2.24, 2.45) is 11.7 Å². The molecule has 0 saturated carbocycles. The van der Waals surface area contributed by atoms with Crippen molar-refractivity contribution in [2.75, 3.05) is 38.8 Å². The zero-order valence-electron chi connectivity index (χ0n) is 12.1. The van der Waals surface area contributed by atoms with Crippen LogP contribution in [0, 0.1) is 5.92 Å². The third-order valence-corrected chi connectivity index (χ3v) is 2.45. The van der Waals surface area contributed by atoms with E-state index in [2.05, 4.69) is 33.7 Å². The van der Waals surface area contributed by atoms with E-state index in [1.807, 2.05) is 0 Å². The molecule has 0 unspecified atom stereocenters. The lowest BCUT2D eigenvalue weighted by Crippen LogP contribution is -2.31. The number of hydrogen-bond donors (Lipinski definition) is 1. The summed E-state index contributed by atoms with van der Waals surface area (Å²) in [6.45, 7) is 6.56. The summed E-state index contributed by atoms with van der Waals surface area (Å²) in [5.41, 5.74) is 5.57. The molecule has 0 aliphatic heterocycles. The van der Waals surface area contributed by atoms with E-state index >= 15 is 0 Å². The topological polar surface area (TPSA) is 86.4 Å². The molecule has 0 radical (unpaired) electrons. The number of hydrogen-bond acceptors (Lipinski definition) is 7. The van der Waals surface area contributed by atoms with Gasteiger partial charge in [0.15, 0.2) is 0 Å². The number of nitrogens with zero attached hydrogens (tertiary/aromatic N) is 4. The van der Waals surface area contributed by atoms with E-state index in [-0.39, 0.29) is 12.0 Å². The second-order valence-corrected chi connectivity index (χ2v) is 4.59. The fourth-order valence-corrected chi connectivity index (χ4v) is 1.65. The third-order valence-electron chi connectivity index (χ3n) is 2.45. The summed E-state index contributed by atoms with van der Waals surface area (Å²) in [5.74, 6) is 1.05. The minimum Gasteiger partial charge on any atom is -0.467 e. The molecule has 0 bridgehead atoms. The monoisotopic (exact) mass is 269 g/mol. The van der Waals surface area contributed by atoms with Gasteiger partial charge in [0.05, 0.1) is 14.2 Å². The number of methoxy groups -OCH3 is 2. The minimum atomic E-state index is 0.253. The maximum Gasteiger partial charge on any atom is 0.324 e. The highest BCUT2D eigenvalue weighted by molar-refractivity contribution is 5.32. The Balaban J connectivity index is 2.98. The van der Waals surface area contributed by atoms with Crippen LogP contribution in [0.4, 0.5) is 5.95 Å². The van der Waals surface area contributed by atoms with Gasteiger partial charge in [-0.2, -0.15) is 9.97 Å². The van der Waals surface area contributed by atoms with E-state index in [1.54, 1.807) is 0 Å². The van der Waals surface area contributed by atoms with E-state index in [0.29, 0.717) is 18.4 Å². The minimum absolute atomic E-state index is 0.253. The Kier molecular flexibility index (Phi) is 6.27. The van der Waals surface area contributed by atoms with E-state index in [1.165, 1.54) is 14.2 Å². The average molecular weight is 269 g/mol. The van der Waals surface area contributed by atoms with Crippen LogP contribution in [-0.4, -0.2) is 48.8 Å². The van der Waals surface area contributed by atoms with Gasteiger partial charge >= 0.3 is 12.0 Å². The number of aromatic nitrogens is 3. The molecule has 1 heterocycles. The fraction of sp³-hybridized carbons (Fsp3) is 0.750. The molecule has 1 aromatic heterocycles. The van der Waals surface area contributed by atoms with Crippen LogP contribution in [0.2, 0.25) is 0 Å². The summed E-state index contributed by atoms with van der Waals surface area (Å²) in [7, 11) is 3.04. The Morgan fingerprint density at radius 3 is 2.11 bits per heavy atom. The highest BCUT2D eigenvalue weighted by Crippen LogP contribution is 2.17. The highest BCUT2D eigenvalue weighted by Gasteiger charge is 2.15. The van der Waals surface area contributed by atoms with Crippen LogP contribution >= 0.6 is 0 Å². The zero-order valence-corrected chi connectivity index (χ0v) is 12.1. The molecule has 0 atom stereocenters. The van der Waals surface area contributed by atoms with Crippen molar-refractivity contribution < 1.29 is 9.47 Å². The quantitative estimate of drug-likeness (QED) is 0.743. The van der Waals surface area contributed by atoms with Gasteiger partial charge in [0.25, 0.3) is 0 Å². The van der Waals surface area contributed by atoms with Gasteiger partial charge in [0, 0.05) is 13.1 Å². The fourth-order valence-electron chi connectivity index (χ4n) is 1.65. The summed E-state index contributed by atoms with van der Waals surface area (Å²) in [6.07, 6.45) is 0.878. The van der Waals surface area contributed by atoms with Gasteiger partial charge in [-0.05, 0) is 18.9 Å². The van der Waals surface area contributed by atoms with Crippen molar-refractivity contribution in [1.29, 1.82) is 0 Å². The Morgan fingerprint density at radius 1 is 1.11 bits per heavy atom. The molecule has 7 heteroatoms. The van der Waals surface area contributed by atoms with E-state index in [4.69, 9.17) is 15.2 Å². The lowest BCUT2D eigenvalue weighted by molar-refractivity contribution is 0.339. The summed E-state index contributed by atoms with van der Waals surface area (Å²) in [5, 5.41) is 0. The Labute approximate surface area is 114 Å². The molecule has 1 aromatic rings. The zero-order chi connectivity index (χ0) is 14.3. The Bertz CT molecular complexity index is 364. The van der Waals surface area contributed by atoms with Crippen LogP contribution in [-0.2, 0) is 0 Å². The van der Waals surface area contributed by atoms with Gasteiger partial charge in [-0.1, -0.05) is 13.8 Å². The Hall–Kier alpha value is -1.63. The second-order valence-electron chi connectivity index (χ2n) is 4.59. The summed E-state index contributed by atoms with van der Waals surface area (Å²) in [6, 6.07) is 0.506. The third kappa shape index (κ3) is 4.86. The van der Waals surface area contributed by atoms with Gasteiger partial charge in [-0.3, -0.25) is 0 Å². The van der Waals surface area contributed by atoms with Crippen molar-refractivity contribution >= 4 is 5.95 Å². The van der Waals surface area contributed by atoms with Gasteiger partial charge in [0.1, 0.15) is 0 Å². The summed E-state index contributed by atoms with van der Waals surface area (Å²) >= 11 is 0. The normalized spacial score (nSPS) is 10.6. The standard InChI is InChI=1S/C12H23N5O2/c1-9(2)8-17(7-5-6-13)10-14-11(18-3)16-12(15-10)19-4/h9H,5-8,13H2,1-4H3. The lowest BCUT2D eigenvalue weighted by Gasteiger charge is -2.24. The van der Waals surface area contributed by atoms with E-state index < -0.39 is 0 Å². The molecule has 0 saturated heterocycles. The van der Waals surface area contributed by atoms with Crippen LogP contribution in [0.3, 0.4) is 0 Å². The molecule has 0 fully saturated rings. The molecular formula is C12H23N5O2. The largest absolute Gasteiger partial charge is 0.467 e. The maximum atomic E-state index is 5.57. The van der Waals surface area contributed by atoms with Crippen LogP contribution in [0.1, 0.15) is 20.3 Å². The molecule has 0 spiro atoms. The first-order chi connectivity index (χ1) is 9.10. The maximum absolute atomic E-state index is 5.57. The average Bonchev–Trinajstić information content (AvgIpc) is 2.42. The van der Waals surface area contributed by atoms with Crippen LogP contribution in [0.5, 0.6) is 12.0 Å². The number of nitrogens with two attached hydrogens (primary N) is 1. The first-order valence-electron chi connectivity index (χ1n) is 6.39. The second kappa shape index (κ2) is 7.73. The molecule has 19 heavy (non-hydrogen) atoms. The van der Waals surface area contributed by atoms with E-state index in [9.17, 15) is 0 Å². The van der Waals surface area contributed by atoms with Crippen LogP contribution in [0.15, 0.2) is 0 Å². The molecular weight excluding hydrogens is 246 g/mol. The van der Waals surface area contributed by atoms with Crippen molar-refractivity contribution in [3.8, 4) is 12.0 Å². The first kappa shape index (κ1) is 15.4. The SMILES string of the molecule is COc1nc(OC)nc(N(CCCN)CC(C)C)n1. The van der Waals surface area contributed by atoms with Crippen molar-refractivity contribution in [2.45, 2.75) is 20.3 Å². The summed E-state index contributed by atoms with van der Waals surface area (Å²) < 4.78 is 10.1. The Morgan fingerprint density at radius 2 is 1.68 bits per heavy atom. The molecule has 0 aliphatic carbocycles. The van der Waals surface area contributed by atoms with Gasteiger partial charge in [-0.25, -0.2) is 0 Å². The molecule has 0 aromatic carbocycles. The van der Waals surface area contributed by atoms with Crippen LogP contribution < -0.4 is 20.1 Å². The van der Waals surface area contributed by atoms with Crippen molar-refractivity contribution in [3.05, 3.63) is 0 Å². The predicted octanol–water partition coefficient (Wildman–Crippen LogP) is 0.700. The smallest absolute Gasteiger partial charge is 0.324 e. The predicted molar refractivity (Wildman–Crippen MR) is 73.7 cm³/mol. The molecule has 1 rings (SSSR count). The first-order valence-corrected chi connectivity index (χ1v) is 6.39. The van der Waals surface area contributed by atoms with Gasteiger partial charge < -0.3 is 20.1 Å². The lowest BCUT2D eigenvalue weighted by atomic mass is 10.2. The molecule has 2 N–H and O–H groups in total. The van der Waals surface area contributed by atoms with Gasteiger partial charge in [0.2, 0.25) is 5.95 Å². The number of ether oxygens (including phenoxy) is 2. The number of rotatable bonds is 8. The van der Waals surface area contributed by atoms with Crippen LogP contribution in [0.25, 0.3) is 0 Å². The molecule has 0 amide bonds. The van der Waals surface area contributed by atoms with Crippen molar-refractivity contribution in [1.82, 2.24) is 15.0 Å². The molecule has 108 valence electrons.